The maximum Gasteiger partial charge on any atom is 0.410 e. The Balaban J connectivity index is 0.00000116. The van der Waals surface area contributed by atoms with E-state index in [9.17, 15) is 4.79 Å². The van der Waals surface area contributed by atoms with E-state index in [1.54, 1.807) is 12.0 Å². The van der Waals surface area contributed by atoms with Crippen molar-refractivity contribution in [2.45, 2.75) is 53.7 Å². The van der Waals surface area contributed by atoms with Gasteiger partial charge in [-0.1, -0.05) is 13.8 Å². The number of rotatable bonds is 3. The molecule has 6 nitrogen and oxygen atoms in total. The van der Waals surface area contributed by atoms with Crippen LogP contribution in [0.15, 0.2) is 6.20 Å². The van der Waals surface area contributed by atoms with Gasteiger partial charge in [-0.05, 0) is 27.7 Å². The number of aryl methyl sites for hydroxylation is 1. The van der Waals surface area contributed by atoms with Crippen LogP contribution >= 0.6 is 0 Å². The van der Waals surface area contributed by atoms with Crippen LogP contribution in [-0.4, -0.2) is 46.6 Å². The lowest BCUT2D eigenvalue weighted by Crippen LogP contribution is -2.52. The molecule has 0 spiro atoms. The Morgan fingerprint density at radius 1 is 1.36 bits per heavy atom. The van der Waals surface area contributed by atoms with Crippen LogP contribution in [0.5, 0.6) is 5.88 Å². The minimum Gasteiger partial charge on any atom is -0.480 e. The molecular weight excluding hydrogens is 282 g/mol. The molecule has 0 bridgehead atoms. The number of nitrogens with zero attached hydrogens (tertiary/aromatic N) is 3. The van der Waals surface area contributed by atoms with E-state index >= 15 is 0 Å². The molecule has 6 heteroatoms. The Labute approximate surface area is 133 Å². The van der Waals surface area contributed by atoms with Crippen LogP contribution < -0.4 is 4.74 Å². The summed E-state index contributed by atoms with van der Waals surface area (Å²) in [6.07, 6.45) is 1.73. The van der Waals surface area contributed by atoms with Gasteiger partial charge in [-0.3, -0.25) is 4.68 Å². The van der Waals surface area contributed by atoms with Crippen molar-refractivity contribution in [2.75, 3.05) is 20.2 Å². The molecule has 1 aromatic rings. The van der Waals surface area contributed by atoms with E-state index in [0.717, 1.165) is 25.2 Å². The molecule has 0 aromatic carbocycles. The predicted molar refractivity (Wildman–Crippen MR) is 86.2 cm³/mol. The van der Waals surface area contributed by atoms with Crippen molar-refractivity contribution in [3.05, 3.63) is 11.8 Å². The summed E-state index contributed by atoms with van der Waals surface area (Å²) in [6, 6.07) is 0. The Kier molecular flexibility index (Phi) is 6.26. The van der Waals surface area contributed by atoms with Crippen molar-refractivity contribution in [1.29, 1.82) is 0 Å². The monoisotopic (exact) mass is 311 g/mol. The Morgan fingerprint density at radius 2 is 1.95 bits per heavy atom. The normalized spacial score (nSPS) is 14.8. The number of likely N-dealkylation sites (tertiary alicyclic amines) is 1. The minimum absolute atomic E-state index is 0.233. The first kappa shape index (κ1) is 18.3. The average Bonchev–Trinajstić information content (AvgIpc) is 2.73. The molecule has 126 valence electrons. The van der Waals surface area contributed by atoms with Crippen LogP contribution in [0, 0.1) is 12.8 Å². The third-order valence-corrected chi connectivity index (χ3v) is 3.15. The second-order valence-electron chi connectivity index (χ2n) is 6.29. The fourth-order valence-corrected chi connectivity index (χ4v) is 2.22. The number of aromatic nitrogens is 2. The third-order valence-electron chi connectivity index (χ3n) is 3.15. The van der Waals surface area contributed by atoms with Crippen molar-refractivity contribution in [2.24, 2.45) is 5.92 Å². The summed E-state index contributed by atoms with van der Waals surface area (Å²) in [5.41, 5.74) is 0.588. The first-order chi connectivity index (χ1) is 10.3. The van der Waals surface area contributed by atoms with E-state index in [0.29, 0.717) is 11.8 Å². The molecule has 1 amide bonds. The second-order valence-corrected chi connectivity index (χ2v) is 6.29. The maximum atomic E-state index is 11.8. The summed E-state index contributed by atoms with van der Waals surface area (Å²) < 4.78 is 12.4. The van der Waals surface area contributed by atoms with Crippen LogP contribution in [0.4, 0.5) is 4.79 Å². The molecule has 0 unspecified atom stereocenters. The highest BCUT2D eigenvalue weighted by atomic mass is 16.6. The molecule has 1 aliphatic rings. The van der Waals surface area contributed by atoms with Crippen molar-refractivity contribution in [1.82, 2.24) is 14.7 Å². The number of ether oxygens (including phenoxy) is 2. The summed E-state index contributed by atoms with van der Waals surface area (Å²) in [4.78, 5) is 13.5. The van der Waals surface area contributed by atoms with E-state index in [4.69, 9.17) is 9.47 Å². The number of hydrogen-bond acceptors (Lipinski definition) is 4. The molecule has 1 aliphatic heterocycles. The highest BCUT2D eigenvalue weighted by Gasteiger charge is 2.34. The lowest BCUT2D eigenvalue weighted by molar-refractivity contribution is -0.00388. The molecule has 2 heterocycles. The first-order valence-electron chi connectivity index (χ1n) is 7.84. The van der Waals surface area contributed by atoms with E-state index in [1.165, 1.54) is 0 Å². The smallest absolute Gasteiger partial charge is 0.410 e. The number of carbonyl (C=O) groups is 1. The predicted octanol–water partition coefficient (Wildman–Crippen LogP) is 3.09. The second kappa shape index (κ2) is 7.51. The average molecular weight is 311 g/mol. The van der Waals surface area contributed by atoms with Crippen LogP contribution in [0.1, 0.15) is 40.2 Å². The summed E-state index contributed by atoms with van der Waals surface area (Å²) in [6.45, 7) is 13.8. The van der Waals surface area contributed by atoms with Gasteiger partial charge >= 0.3 is 6.09 Å². The van der Waals surface area contributed by atoms with Gasteiger partial charge in [0, 0.05) is 37.3 Å². The zero-order valence-electron chi connectivity index (χ0n) is 14.8. The largest absolute Gasteiger partial charge is 0.480 e. The van der Waals surface area contributed by atoms with Gasteiger partial charge in [-0.15, -0.1) is 5.10 Å². The molecule has 0 saturated carbocycles. The molecule has 2 rings (SSSR count). The van der Waals surface area contributed by atoms with Crippen LogP contribution in [0.25, 0.3) is 0 Å². The lowest BCUT2D eigenvalue weighted by Gasteiger charge is -2.39. The first-order valence-corrected chi connectivity index (χ1v) is 7.84. The van der Waals surface area contributed by atoms with Gasteiger partial charge in [0.1, 0.15) is 5.60 Å². The van der Waals surface area contributed by atoms with E-state index in [2.05, 4.69) is 5.10 Å². The molecule has 0 atom stereocenters. The molecule has 0 N–H and O–H groups in total. The van der Waals surface area contributed by atoms with Crippen molar-refractivity contribution < 1.29 is 14.3 Å². The lowest BCUT2D eigenvalue weighted by atomic mass is 10.0. The summed E-state index contributed by atoms with van der Waals surface area (Å²) >= 11 is 0. The quantitative estimate of drug-likeness (QED) is 0.860. The van der Waals surface area contributed by atoms with E-state index < -0.39 is 5.60 Å². The van der Waals surface area contributed by atoms with E-state index in [-0.39, 0.29) is 6.09 Å². The number of methoxy groups -OCH3 is 1. The molecule has 1 aromatic heterocycles. The van der Waals surface area contributed by atoms with Crippen molar-refractivity contribution >= 4 is 6.09 Å². The zero-order valence-corrected chi connectivity index (χ0v) is 14.8. The molecule has 1 saturated heterocycles. The summed E-state index contributed by atoms with van der Waals surface area (Å²) in [5.74, 6) is 1.08. The number of carbonyl (C=O) groups excluding carboxylic acids is 1. The Bertz CT molecular complexity index is 485. The SMILES string of the molecule is CC.COc1nn(CC2CN(C(=O)OC(C)(C)C)C2)cc1C. The molecular formula is C16H29N3O3. The van der Waals surface area contributed by atoms with Gasteiger partial charge in [-0.2, -0.15) is 0 Å². The minimum atomic E-state index is -0.436. The standard InChI is InChI=1S/C14H23N3O3.C2H6/c1-10-6-17(15-12(10)19-5)9-11-7-16(8-11)13(18)20-14(2,3)4;1-2/h6,11H,7-9H2,1-5H3;1-2H3. The van der Waals surface area contributed by atoms with Crippen LogP contribution in [0.3, 0.4) is 0 Å². The van der Waals surface area contributed by atoms with Crippen molar-refractivity contribution in [3.63, 3.8) is 0 Å². The molecule has 0 radical (unpaired) electrons. The highest BCUT2D eigenvalue weighted by Crippen LogP contribution is 2.22. The van der Waals surface area contributed by atoms with Gasteiger partial charge < -0.3 is 14.4 Å². The van der Waals surface area contributed by atoms with Gasteiger partial charge in [0.15, 0.2) is 0 Å². The summed E-state index contributed by atoms with van der Waals surface area (Å²) in [5, 5.41) is 4.34. The molecule has 1 fully saturated rings. The van der Waals surface area contributed by atoms with Gasteiger partial charge in [0.25, 0.3) is 0 Å². The molecule has 22 heavy (non-hydrogen) atoms. The van der Waals surface area contributed by atoms with Crippen LogP contribution in [-0.2, 0) is 11.3 Å². The van der Waals surface area contributed by atoms with E-state index in [1.807, 2.05) is 52.4 Å². The summed E-state index contributed by atoms with van der Waals surface area (Å²) in [7, 11) is 1.62. The van der Waals surface area contributed by atoms with Crippen molar-refractivity contribution in [3.8, 4) is 5.88 Å². The fourth-order valence-electron chi connectivity index (χ4n) is 2.22. The number of hydrogen-bond donors (Lipinski definition) is 0. The number of amides is 1. The van der Waals surface area contributed by atoms with Gasteiger partial charge in [0.2, 0.25) is 5.88 Å². The highest BCUT2D eigenvalue weighted by molar-refractivity contribution is 5.69. The third kappa shape index (κ3) is 4.93. The maximum absolute atomic E-state index is 11.8. The Hall–Kier alpha value is -1.72. The fraction of sp³-hybridized carbons (Fsp3) is 0.750. The van der Waals surface area contributed by atoms with Gasteiger partial charge in [-0.25, -0.2) is 4.79 Å². The Morgan fingerprint density at radius 3 is 2.41 bits per heavy atom. The topological polar surface area (TPSA) is 56.6 Å². The van der Waals surface area contributed by atoms with Crippen LogP contribution in [0.2, 0.25) is 0 Å². The molecule has 0 aliphatic carbocycles. The van der Waals surface area contributed by atoms with Gasteiger partial charge in [0.05, 0.1) is 7.11 Å². The zero-order chi connectivity index (χ0) is 16.9.